The van der Waals surface area contributed by atoms with Gasteiger partial charge in [-0.1, -0.05) is 29.3 Å². The van der Waals surface area contributed by atoms with E-state index in [9.17, 15) is 9.59 Å². The maximum atomic E-state index is 12.5. The quantitative estimate of drug-likeness (QED) is 0.483. The van der Waals surface area contributed by atoms with E-state index >= 15 is 0 Å². The Hall–Kier alpha value is -1.82. The van der Waals surface area contributed by atoms with Gasteiger partial charge in [-0.15, -0.1) is 11.3 Å². The molecule has 0 radical (unpaired) electrons. The van der Waals surface area contributed by atoms with E-state index < -0.39 is 5.97 Å². The van der Waals surface area contributed by atoms with Gasteiger partial charge in [-0.2, -0.15) is 0 Å². The Morgan fingerprint density at radius 1 is 1.39 bits per heavy atom. The molecule has 0 spiro atoms. The lowest BCUT2D eigenvalue weighted by atomic mass is 10.0. The lowest BCUT2D eigenvalue weighted by molar-refractivity contribution is 0.0529. The lowest BCUT2D eigenvalue weighted by Crippen LogP contribution is -2.05. The summed E-state index contributed by atoms with van der Waals surface area (Å²) < 4.78 is 7.71. The molecule has 118 valence electrons. The van der Waals surface area contributed by atoms with Gasteiger partial charge in [-0.25, -0.2) is 4.79 Å². The summed E-state index contributed by atoms with van der Waals surface area (Å²) in [6, 6.07) is 6.98. The predicted molar refractivity (Wildman–Crippen MR) is 92.1 cm³/mol. The average Bonchev–Trinajstić information content (AvgIpc) is 3.03. The van der Waals surface area contributed by atoms with Crippen molar-refractivity contribution in [3.8, 4) is 11.1 Å². The second kappa shape index (κ2) is 6.35. The van der Waals surface area contributed by atoms with Gasteiger partial charge < -0.3 is 9.14 Å². The van der Waals surface area contributed by atoms with Gasteiger partial charge >= 0.3 is 5.97 Å². The van der Waals surface area contributed by atoms with Crippen molar-refractivity contribution in [3.05, 3.63) is 50.4 Å². The Bertz CT molecular complexity index is 914. The molecule has 0 atom stereocenters. The molecule has 0 aliphatic heterocycles. The molecule has 0 aromatic carbocycles. The summed E-state index contributed by atoms with van der Waals surface area (Å²) in [6.45, 7) is 1.96. The van der Waals surface area contributed by atoms with Crippen LogP contribution >= 0.6 is 34.5 Å². The van der Waals surface area contributed by atoms with Crippen LogP contribution in [0.5, 0.6) is 0 Å². The van der Waals surface area contributed by atoms with Crippen LogP contribution < -0.4 is 0 Å². The Morgan fingerprint density at radius 3 is 2.78 bits per heavy atom. The fraction of sp³-hybridized carbons (Fsp3) is 0.125. The topological polar surface area (TPSA) is 47.8 Å². The largest absolute Gasteiger partial charge is 0.462 e. The van der Waals surface area contributed by atoms with Crippen molar-refractivity contribution in [1.29, 1.82) is 0 Å². The smallest absolute Gasteiger partial charge is 0.340 e. The first-order chi connectivity index (χ1) is 11.1. The van der Waals surface area contributed by atoms with Crippen molar-refractivity contribution >= 4 is 52.3 Å². The summed E-state index contributed by atoms with van der Waals surface area (Å²) in [5.41, 5.74) is 2.22. The Kier molecular flexibility index (Phi) is 4.43. The number of fused-ring (bicyclic) bond motifs is 1. The van der Waals surface area contributed by atoms with Gasteiger partial charge in [-0.05, 0) is 25.1 Å². The van der Waals surface area contributed by atoms with E-state index in [2.05, 4.69) is 0 Å². The van der Waals surface area contributed by atoms with E-state index in [4.69, 9.17) is 27.9 Å². The molecular weight excluding hydrogens is 357 g/mol. The number of aromatic nitrogens is 1. The number of carbonyl (C=O) groups excluding carboxylic acids is 2. The van der Waals surface area contributed by atoms with Crippen molar-refractivity contribution in [2.45, 2.75) is 6.92 Å². The van der Waals surface area contributed by atoms with Gasteiger partial charge in [0.2, 0.25) is 0 Å². The van der Waals surface area contributed by atoms with Crippen LogP contribution in [0.4, 0.5) is 0 Å². The van der Waals surface area contributed by atoms with E-state index in [1.54, 1.807) is 41.8 Å². The Morgan fingerprint density at radius 2 is 2.17 bits per heavy atom. The minimum Gasteiger partial charge on any atom is -0.462 e. The third kappa shape index (κ3) is 2.65. The zero-order chi connectivity index (χ0) is 16.6. The summed E-state index contributed by atoms with van der Waals surface area (Å²) in [4.78, 5) is 24.2. The zero-order valence-corrected chi connectivity index (χ0v) is 14.3. The zero-order valence-electron chi connectivity index (χ0n) is 12.0. The first kappa shape index (κ1) is 16.1. The normalized spacial score (nSPS) is 10.9. The maximum absolute atomic E-state index is 12.5. The molecule has 0 amide bonds. The number of rotatable bonds is 4. The molecule has 3 aromatic heterocycles. The Labute approximate surface area is 146 Å². The molecule has 0 fully saturated rings. The summed E-state index contributed by atoms with van der Waals surface area (Å²) in [5.74, 6) is -0.502. The highest BCUT2D eigenvalue weighted by Crippen LogP contribution is 2.42. The number of carbonyl (C=O) groups is 2. The predicted octanol–water partition coefficient (Wildman–Crippen LogP) is 4.96. The number of aldehydes is 1. The van der Waals surface area contributed by atoms with Gasteiger partial charge in [0, 0.05) is 17.3 Å². The molecule has 0 N–H and O–H groups in total. The van der Waals surface area contributed by atoms with Crippen LogP contribution in [0.25, 0.3) is 16.6 Å². The molecule has 3 heterocycles. The van der Waals surface area contributed by atoms with E-state index in [1.807, 2.05) is 0 Å². The van der Waals surface area contributed by atoms with Crippen LogP contribution in [-0.2, 0) is 4.74 Å². The molecule has 0 saturated carbocycles. The molecule has 0 bridgehead atoms. The van der Waals surface area contributed by atoms with Crippen molar-refractivity contribution < 1.29 is 14.3 Å². The van der Waals surface area contributed by atoms with Gasteiger partial charge in [0.15, 0.2) is 6.29 Å². The molecule has 23 heavy (non-hydrogen) atoms. The monoisotopic (exact) mass is 367 g/mol. The van der Waals surface area contributed by atoms with Gasteiger partial charge in [-0.3, -0.25) is 4.79 Å². The van der Waals surface area contributed by atoms with Crippen LogP contribution in [0.1, 0.15) is 27.8 Å². The van der Waals surface area contributed by atoms with E-state index in [0.29, 0.717) is 42.9 Å². The molecule has 4 nitrogen and oxygen atoms in total. The molecular formula is C16H11Cl2NO3S. The van der Waals surface area contributed by atoms with Gasteiger partial charge in [0.25, 0.3) is 0 Å². The maximum Gasteiger partial charge on any atom is 0.340 e. The molecule has 0 saturated heterocycles. The van der Waals surface area contributed by atoms with Crippen LogP contribution in [0.2, 0.25) is 8.67 Å². The SMILES string of the molecule is CCOC(=O)c1c(-c2cc(Cl)sc2Cl)c(C=O)n2ccccc12. The number of nitrogens with zero attached hydrogens (tertiary/aromatic N) is 1. The van der Waals surface area contributed by atoms with Crippen LogP contribution in [0.3, 0.4) is 0 Å². The Balaban J connectivity index is 2.43. The van der Waals surface area contributed by atoms with Crippen molar-refractivity contribution in [1.82, 2.24) is 4.40 Å². The first-order valence-electron chi connectivity index (χ1n) is 6.79. The third-order valence-electron chi connectivity index (χ3n) is 3.40. The molecule has 0 aliphatic rings. The second-order valence-electron chi connectivity index (χ2n) is 4.67. The summed E-state index contributed by atoms with van der Waals surface area (Å²) >= 11 is 13.5. The third-order valence-corrected chi connectivity index (χ3v) is 4.89. The van der Waals surface area contributed by atoms with Crippen molar-refractivity contribution in [3.63, 3.8) is 0 Å². The number of esters is 1. The van der Waals surface area contributed by atoms with Crippen molar-refractivity contribution in [2.24, 2.45) is 0 Å². The highest BCUT2D eigenvalue weighted by molar-refractivity contribution is 7.20. The highest BCUT2D eigenvalue weighted by atomic mass is 35.5. The van der Waals surface area contributed by atoms with Gasteiger partial charge in [0.1, 0.15) is 4.34 Å². The number of ether oxygens (including phenoxy) is 1. The minimum absolute atomic E-state index is 0.233. The standard InChI is InChI=1S/C16H11Cl2NO3S/c1-2-22-16(21)14-10-5-3-4-6-19(10)11(8-20)13(14)9-7-12(17)23-15(9)18/h3-8H,2H2,1H3. The number of hydrogen-bond acceptors (Lipinski definition) is 4. The highest BCUT2D eigenvalue weighted by Gasteiger charge is 2.27. The van der Waals surface area contributed by atoms with Crippen molar-refractivity contribution in [2.75, 3.05) is 6.61 Å². The van der Waals surface area contributed by atoms with Crippen LogP contribution in [-0.4, -0.2) is 23.3 Å². The fourth-order valence-corrected chi connectivity index (χ4v) is 4.02. The number of hydrogen-bond donors (Lipinski definition) is 0. The van der Waals surface area contributed by atoms with Gasteiger partial charge in [0.05, 0.1) is 27.7 Å². The molecule has 0 unspecified atom stereocenters. The number of halogens is 2. The molecule has 3 aromatic rings. The minimum atomic E-state index is -0.502. The van der Waals surface area contributed by atoms with Crippen LogP contribution in [0.15, 0.2) is 30.5 Å². The average molecular weight is 368 g/mol. The summed E-state index contributed by atoms with van der Waals surface area (Å²) in [5, 5.41) is 0. The lowest BCUT2D eigenvalue weighted by Gasteiger charge is -2.04. The van der Waals surface area contributed by atoms with E-state index in [-0.39, 0.29) is 6.61 Å². The number of thiophene rings is 1. The summed E-state index contributed by atoms with van der Waals surface area (Å²) in [6.07, 6.45) is 2.42. The second-order valence-corrected chi connectivity index (χ2v) is 6.95. The molecule has 7 heteroatoms. The molecule has 0 aliphatic carbocycles. The van der Waals surface area contributed by atoms with E-state index in [1.165, 1.54) is 11.3 Å². The summed E-state index contributed by atoms with van der Waals surface area (Å²) in [7, 11) is 0. The molecule has 3 rings (SSSR count). The first-order valence-corrected chi connectivity index (χ1v) is 8.36. The number of pyridine rings is 1. The van der Waals surface area contributed by atoms with Crippen LogP contribution in [0, 0.1) is 0 Å². The van der Waals surface area contributed by atoms with E-state index in [0.717, 1.165) is 0 Å². The fourth-order valence-electron chi connectivity index (χ4n) is 2.54.